The first-order valence-electron chi connectivity index (χ1n) is 24.3. The number of carboxylic acids is 1. The summed E-state index contributed by atoms with van der Waals surface area (Å²) < 4.78 is 5.10. The number of ether oxygens (including phenoxy) is 1. The molecule has 376 valence electrons. The van der Waals surface area contributed by atoms with Crippen LogP contribution in [0.3, 0.4) is 0 Å². The van der Waals surface area contributed by atoms with Gasteiger partial charge in [0, 0.05) is 37.3 Å². The van der Waals surface area contributed by atoms with Crippen LogP contribution in [0.15, 0.2) is 23.3 Å². The standard InChI is InChI=1S/C26H47N3O4.C24H43N3O4.Li.H2O/c1-10-20(8)29-15-13-12-14-21(29)24(30)27-23(18(5)6)25(31)28(9)22(17(3)4)16-19(7)26(32)33-11-2;1-9-18(7)27-13-11-10-12-19(27)22(28)25-21(16(4)5)23(29)26(8)20(15(2)3)14-17(6)24(30)31;;/h16-18,20-23H,10-15H2,1-9H3,(H,27,30);14-16,18-21H,9-13H2,1-8H3,(H,25,28)(H,30,31);;1H2/q;;+1;/p-1/b19-16+;17-14+;;/t20?,21-,22-,23?;18?,19-,20-,21?;;/m11../s1. The van der Waals surface area contributed by atoms with Crippen molar-refractivity contribution in [1.29, 1.82) is 0 Å². The van der Waals surface area contributed by atoms with E-state index in [4.69, 9.17) is 4.74 Å². The molecule has 0 bridgehead atoms. The summed E-state index contributed by atoms with van der Waals surface area (Å²) in [5.41, 5.74) is 0.682. The SMILES string of the molecule is CCC(C)N1CCCC[C@@H]1C(=O)NC(C(=O)N(C)[C@H](/C=C(\C)C(=O)O)C(C)C)C(C)C.CCOC(=O)/C(C)=C/[C@H](C(C)C)N(C)C(=O)C(NC(=O)[C@H]1CCCCN1C(C)CC)C(C)C.[Li+].[OH-]. The molecule has 0 spiro atoms. The summed E-state index contributed by atoms with van der Waals surface area (Å²) in [6.07, 6.45) is 11.2. The number of nitrogens with one attached hydrogen (secondary N) is 2. The van der Waals surface area contributed by atoms with E-state index in [1.807, 2.05) is 55.4 Å². The Morgan fingerprint density at radius 3 is 1.26 bits per heavy atom. The quantitative estimate of drug-likeness (QED) is 0.0858. The average Bonchev–Trinajstić information content (AvgIpc) is 3.26. The number of piperidine rings is 2. The van der Waals surface area contributed by atoms with E-state index in [-0.39, 0.29) is 107 Å². The van der Waals surface area contributed by atoms with Gasteiger partial charge in [-0.1, -0.05) is 94.2 Å². The number of rotatable bonds is 21. The van der Waals surface area contributed by atoms with Gasteiger partial charge in [-0.15, -0.1) is 0 Å². The predicted molar refractivity (Wildman–Crippen MR) is 258 cm³/mol. The van der Waals surface area contributed by atoms with Gasteiger partial charge >= 0.3 is 30.8 Å². The smallest absolute Gasteiger partial charge is 0.870 e. The fourth-order valence-electron chi connectivity index (χ4n) is 8.65. The number of carboxylic acid groups (broad SMARTS) is 1. The van der Waals surface area contributed by atoms with Crippen LogP contribution in [0.25, 0.3) is 0 Å². The molecule has 0 aromatic heterocycles. The zero-order valence-corrected chi connectivity index (χ0v) is 44.4. The first-order chi connectivity index (χ1) is 29.9. The summed E-state index contributed by atoms with van der Waals surface area (Å²) >= 11 is 0. The van der Waals surface area contributed by atoms with E-state index in [0.29, 0.717) is 24.3 Å². The minimum absolute atomic E-state index is 0. The van der Waals surface area contributed by atoms with Gasteiger partial charge in [0.25, 0.3) is 0 Å². The molecule has 0 radical (unpaired) electrons. The molecule has 0 aromatic rings. The molecule has 0 saturated carbocycles. The molecular formula is C50H91LiN6O9. The minimum Gasteiger partial charge on any atom is -0.870 e. The van der Waals surface area contributed by atoms with E-state index in [1.54, 1.807) is 49.9 Å². The molecule has 2 aliphatic rings. The Hall–Kier alpha value is -3.22. The Morgan fingerprint density at radius 1 is 0.621 bits per heavy atom. The van der Waals surface area contributed by atoms with Crippen LogP contribution in [-0.2, 0) is 33.5 Å². The third kappa shape index (κ3) is 19.4. The van der Waals surface area contributed by atoms with Crippen molar-refractivity contribution >= 4 is 35.6 Å². The van der Waals surface area contributed by atoms with Gasteiger partial charge in [-0.2, -0.15) is 0 Å². The van der Waals surface area contributed by atoms with E-state index in [2.05, 4.69) is 48.1 Å². The second-order valence-electron chi connectivity index (χ2n) is 19.6. The van der Waals surface area contributed by atoms with Crippen molar-refractivity contribution < 1.29 is 62.9 Å². The molecule has 2 rings (SSSR count). The molecule has 4 unspecified atom stereocenters. The molecule has 8 atom stereocenters. The summed E-state index contributed by atoms with van der Waals surface area (Å²) in [6.45, 7) is 31.4. The van der Waals surface area contributed by atoms with Crippen LogP contribution in [0, 0.1) is 23.7 Å². The van der Waals surface area contributed by atoms with E-state index in [9.17, 15) is 33.9 Å². The summed E-state index contributed by atoms with van der Waals surface area (Å²) in [4.78, 5) is 84.7. The number of likely N-dealkylation sites (tertiary alicyclic amines) is 2. The third-order valence-corrected chi connectivity index (χ3v) is 13.2. The van der Waals surface area contributed by atoms with Crippen LogP contribution in [0.4, 0.5) is 0 Å². The number of hydrogen-bond donors (Lipinski definition) is 3. The van der Waals surface area contributed by atoms with Crippen LogP contribution in [-0.4, -0.2) is 148 Å². The summed E-state index contributed by atoms with van der Waals surface area (Å²) in [7, 11) is 3.43. The van der Waals surface area contributed by atoms with Crippen LogP contribution in [0.2, 0.25) is 0 Å². The first kappa shape index (κ1) is 64.9. The second-order valence-corrected chi connectivity index (χ2v) is 19.6. The predicted octanol–water partition coefficient (Wildman–Crippen LogP) is 3.89. The van der Waals surface area contributed by atoms with Gasteiger partial charge in [-0.3, -0.25) is 29.0 Å². The molecule has 16 heteroatoms. The van der Waals surface area contributed by atoms with Gasteiger partial charge in [0.05, 0.1) is 30.8 Å². The van der Waals surface area contributed by atoms with Gasteiger partial charge in [-0.25, -0.2) is 9.59 Å². The Morgan fingerprint density at radius 2 is 0.970 bits per heavy atom. The maximum Gasteiger partial charge on any atom is 1.00 e. The van der Waals surface area contributed by atoms with Crippen LogP contribution < -0.4 is 29.5 Å². The maximum atomic E-state index is 13.5. The van der Waals surface area contributed by atoms with Crippen LogP contribution in [0.1, 0.15) is 155 Å². The average molecular weight is 927 g/mol. The number of amides is 4. The molecule has 4 amide bonds. The van der Waals surface area contributed by atoms with E-state index < -0.39 is 18.1 Å². The number of aliphatic carboxylic acids is 1. The van der Waals surface area contributed by atoms with E-state index in [1.165, 1.54) is 6.92 Å². The van der Waals surface area contributed by atoms with Crippen molar-refractivity contribution in [3.05, 3.63) is 23.3 Å². The number of esters is 1. The topological polar surface area (TPSA) is 199 Å². The number of likely N-dealkylation sites (N-methyl/N-ethyl adjacent to an activating group) is 2. The molecule has 0 aromatic carbocycles. The van der Waals surface area contributed by atoms with Crippen molar-refractivity contribution in [2.75, 3.05) is 33.8 Å². The van der Waals surface area contributed by atoms with Crippen molar-refractivity contribution in [2.24, 2.45) is 23.7 Å². The van der Waals surface area contributed by atoms with Crippen LogP contribution >= 0.6 is 0 Å². The number of nitrogens with zero attached hydrogens (tertiary/aromatic N) is 4. The number of carbonyl (C=O) groups is 6. The molecule has 2 saturated heterocycles. The largest absolute Gasteiger partial charge is 1.00 e. The minimum atomic E-state index is -0.998. The fourth-order valence-corrected chi connectivity index (χ4v) is 8.65. The summed E-state index contributed by atoms with van der Waals surface area (Å²) in [6, 6.07) is -1.68. The van der Waals surface area contributed by atoms with Crippen molar-refractivity contribution in [3.8, 4) is 0 Å². The third-order valence-electron chi connectivity index (χ3n) is 13.2. The summed E-state index contributed by atoms with van der Waals surface area (Å²) in [5.74, 6) is -1.88. The van der Waals surface area contributed by atoms with E-state index in [0.717, 1.165) is 64.5 Å². The van der Waals surface area contributed by atoms with Gasteiger partial charge in [0.15, 0.2) is 0 Å². The zero-order valence-electron chi connectivity index (χ0n) is 44.4. The molecule has 2 fully saturated rings. The number of carbonyl (C=O) groups excluding carboxylic acids is 5. The monoisotopic (exact) mass is 927 g/mol. The van der Waals surface area contributed by atoms with E-state index >= 15 is 0 Å². The number of hydrogen-bond acceptors (Lipinski definition) is 10. The Bertz CT molecular complexity index is 1590. The van der Waals surface area contributed by atoms with Gasteiger partial charge in [0.2, 0.25) is 23.6 Å². The molecule has 2 heterocycles. The van der Waals surface area contributed by atoms with Crippen molar-refractivity contribution in [2.45, 2.75) is 204 Å². The normalized spacial score (nSPS) is 20.0. The zero-order chi connectivity index (χ0) is 49.2. The molecule has 4 N–H and O–H groups in total. The Balaban J connectivity index is 0. The van der Waals surface area contributed by atoms with Crippen molar-refractivity contribution in [1.82, 2.24) is 30.2 Å². The first-order valence-corrected chi connectivity index (χ1v) is 24.3. The van der Waals surface area contributed by atoms with Gasteiger partial charge < -0.3 is 35.8 Å². The molecule has 2 aliphatic heterocycles. The molecule has 66 heavy (non-hydrogen) atoms. The fraction of sp³-hybridized carbons (Fsp3) is 0.800. The Kier molecular flexibility index (Phi) is 31.2. The Labute approximate surface area is 411 Å². The summed E-state index contributed by atoms with van der Waals surface area (Å²) in [5, 5.41) is 15.4. The maximum absolute atomic E-state index is 13.5. The molecule has 0 aliphatic carbocycles. The van der Waals surface area contributed by atoms with Crippen LogP contribution in [0.5, 0.6) is 0 Å². The van der Waals surface area contributed by atoms with Gasteiger partial charge in [-0.05, 0) is 110 Å². The van der Waals surface area contributed by atoms with Crippen molar-refractivity contribution in [3.63, 3.8) is 0 Å². The second kappa shape index (κ2) is 31.8. The molecule has 15 nitrogen and oxygen atoms in total. The molecular weight excluding hydrogens is 836 g/mol. The van der Waals surface area contributed by atoms with Gasteiger partial charge in [0.1, 0.15) is 12.1 Å².